The summed E-state index contributed by atoms with van der Waals surface area (Å²) >= 11 is 0. The number of amides is 1. The maximum absolute atomic E-state index is 14.1. The lowest BCUT2D eigenvalue weighted by molar-refractivity contribution is -0.137. The van der Waals surface area contributed by atoms with Gasteiger partial charge < -0.3 is 10.2 Å². The fourth-order valence-corrected chi connectivity index (χ4v) is 7.39. The Morgan fingerprint density at radius 2 is 1.80 bits per heavy atom. The number of hydrogen-bond donors (Lipinski definition) is 1. The largest absolute Gasteiger partial charge is 0.416 e. The number of nitrogens with zero attached hydrogens (tertiary/aromatic N) is 6. The van der Waals surface area contributed by atoms with Crippen molar-refractivity contribution in [1.29, 1.82) is 5.26 Å². The zero-order valence-corrected chi connectivity index (χ0v) is 27.6. The van der Waals surface area contributed by atoms with Gasteiger partial charge >= 0.3 is 11.9 Å². The van der Waals surface area contributed by atoms with Crippen LogP contribution in [-0.2, 0) is 11.0 Å². The van der Waals surface area contributed by atoms with Crippen LogP contribution in [-0.4, -0.2) is 62.3 Å². The quantitative estimate of drug-likeness (QED) is 0.242. The van der Waals surface area contributed by atoms with Gasteiger partial charge in [0.1, 0.15) is 0 Å². The molecule has 4 aromatic rings. The van der Waals surface area contributed by atoms with Gasteiger partial charge in [0, 0.05) is 12.5 Å². The Balaban J connectivity index is 1.28. The molecule has 0 aliphatic heterocycles. The van der Waals surface area contributed by atoms with Gasteiger partial charge in [0.05, 0.1) is 58.4 Å². The van der Waals surface area contributed by atoms with Gasteiger partial charge in [0.2, 0.25) is 11.8 Å². The molecule has 2 aromatic heterocycles. The number of aromatic nitrogens is 4. The van der Waals surface area contributed by atoms with E-state index in [-0.39, 0.29) is 40.9 Å². The van der Waals surface area contributed by atoms with Crippen LogP contribution < -0.4 is 11.0 Å². The van der Waals surface area contributed by atoms with E-state index in [9.17, 15) is 32.8 Å². The SMILES string of the molecule is Cc1c(-c2ccnn2-c2ccc(C#N)cc2)n(C(=O)CC[C@H]2CC23CCC(NC(=O)CN(C)C)CC3)c(=O)n1-c1cccc(C(F)(F)F)c1. The number of carbonyl (C=O) groups excluding carboxylic acids is 2. The van der Waals surface area contributed by atoms with Gasteiger partial charge in [-0.3, -0.25) is 14.2 Å². The van der Waals surface area contributed by atoms with Gasteiger partial charge in [-0.15, -0.1) is 0 Å². The molecule has 2 heterocycles. The Hall–Kier alpha value is -4.96. The summed E-state index contributed by atoms with van der Waals surface area (Å²) in [5.74, 6) is -0.129. The summed E-state index contributed by atoms with van der Waals surface area (Å²) in [5, 5.41) is 16.8. The zero-order chi connectivity index (χ0) is 35.1. The first kappa shape index (κ1) is 33.9. The smallest absolute Gasteiger partial charge is 0.352 e. The van der Waals surface area contributed by atoms with Crippen LogP contribution in [0, 0.1) is 29.6 Å². The van der Waals surface area contributed by atoms with E-state index in [2.05, 4.69) is 16.5 Å². The molecule has 0 radical (unpaired) electrons. The fourth-order valence-electron chi connectivity index (χ4n) is 7.39. The molecule has 13 heteroatoms. The number of benzene rings is 2. The molecule has 49 heavy (non-hydrogen) atoms. The third-order valence-electron chi connectivity index (χ3n) is 9.96. The summed E-state index contributed by atoms with van der Waals surface area (Å²) < 4.78 is 44.8. The molecular formula is C36H38F3N7O3. The Morgan fingerprint density at radius 1 is 1.08 bits per heavy atom. The second kappa shape index (κ2) is 13.2. The van der Waals surface area contributed by atoms with Crippen molar-refractivity contribution in [1.82, 2.24) is 29.1 Å². The van der Waals surface area contributed by atoms with Crippen molar-refractivity contribution in [3.05, 3.63) is 88.1 Å². The molecule has 2 fully saturated rings. The molecule has 0 bridgehead atoms. The predicted molar refractivity (Wildman–Crippen MR) is 176 cm³/mol. The number of nitriles is 1. The summed E-state index contributed by atoms with van der Waals surface area (Å²) in [6.45, 7) is 1.94. The molecule has 1 atom stereocenters. The van der Waals surface area contributed by atoms with Crippen LogP contribution in [0.1, 0.15) is 66.6 Å². The third kappa shape index (κ3) is 6.83. The van der Waals surface area contributed by atoms with Crippen molar-refractivity contribution in [2.75, 3.05) is 20.6 Å². The zero-order valence-electron chi connectivity index (χ0n) is 27.6. The molecule has 6 rings (SSSR count). The van der Waals surface area contributed by atoms with Gasteiger partial charge in [-0.2, -0.15) is 23.5 Å². The Kier molecular flexibility index (Phi) is 9.11. The van der Waals surface area contributed by atoms with Gasteiger partial charge in [0.15, 0.2) is 0 Å². The lowest BCUT2D eigenvalue weighted by Gasteiger charge is -2.30. The maximum atomic E-state index is 14.1. The predicted octanol–water partition coefficient (Wildman–Crippen LogP) is 5.74. The first-order chi connectivity index (χ1) is 23.3. The number of carbonyl (C=O) groups is 2. The van der Waals surface area contributed by atoms with Gasteiger partial charge in [-0.25, -0.2) is 14.0 Å². The van der Waals surface area contributed by atoms with Crippen molar-refractivity contribution >= 4 is 11.8 Å². The highest BCUT2D eigenvalue weighted by Gasteiger charge is 2.54. The minimum absolute atomic E-state index is 0.00913. The lowest BCUT2D eigenvalue weighted by atomic mass is 9.81. The van der Waals surface area contributed by atoms with Crippen molar-refractivity contribution in [3.8, 4) is 28.8 Å². The number of alkyl halides is 3. The highest BCUT2D eigenvalue weighted by molar-refractivity contribution is 5.85. The van der Waals surface area contributed by atoms with Crippen LogP contribution in [0.4, 0.5) is 13.2 Å². The third-order valence-corrected chi connectivity index (χ3v) is 9.96. The topological polar surface area (TPSA) is 118 Å². The first-order valence-electron chi connectivity index (χ1n) is 16.4. The number of likely N-dealkylation sites (N-methyl/N-ethyl adjacent to an activating group) is 1. The maximum Gasteiger partial charge on any atom is 0.416 e. The second-order valence-corrected chi connectivity index (χ2v) is 13.5. The van der Waals surface area contributed by atoms with Crippen LogP contribution in [0.25, 0.3) is 22.8 Å². The Bertz CT molecular complexity index is 1970. The minimum Gasteiger partial charge on any atom is -0.352 e. The fraction of sp³-hybridized carbons (Fsp3) is 0.417. The minimum atomic E-state index is -4.62. The molecule has 256 valence electrons. The highest BCUT2D eigenvalue weighted by Crippen LogP contribution is 2.63. The molecule has 1 N–H and O–H groups in total. The summed E-state index contributed by atoms with van der Waals surface area (Å²) in [5.41, 5.74) is 0.377. The molecule has 2 aliphatic rings. The summed E-state index contributed by atoms with van der Waals surface area (Å²) in [6, 6.07) is 15.0. The standard InChI is InChI=1S/C36H38F3N7O3/c1-23-33(30-15-18-41-46(30)28-10-7-24(21-40)8-11-28)45(34(49)44(23)29-6-4-5-25(19-29)36(37,38)39)32(48)12-9-26-20-35(26)16-13-27(14-17-35)42-31(47)22-43(2)3/h4-8,10-11,15,18-19,26-27H,9,12-14,16-17,20,22H2,1-3H3,(H,42,47)/t26-,27?,35?/m0/s1. The highest BCUT2D eigenvalue weighted by atomic mass is 19.4. The van der Waals surface area contributed by atoms with Crippen LogP contribution in [0.2, 0.25) is 0 Å². The van der Waals surface area contributed by atoms with Crippen molar-refractivity contribution in [2.24, 2.45) is 11.3 Å². The van der Waals surface area contributed by atoms with Crippen molar-refractivity contribution in [3.63, 3.8) is 0 Å². The summed E-state index contributed by atoms with van der Waals surface area (Å²) in [6.07, 6.45) is 2.20. The van der Waals surface area contributed by atoms with Crippen LogP contribution >= 0.6 is 0 Å². The van der Waals surface area contributed by atoms with E-state index in [1.54, 1.807) is 37.3 Å². The Labute approximate surface area is 281 Å². The van der Waals surface area contributed by atoms with E-state index < -0.39 is 23.3 Å². The molecule has 2 aromatic carbocycles. The number of rotatable bonds is 9. The number of hydrogen-bond acceptors (Lipinski definition) is 6. The lowest BCUT2D eigenvalue weighted by Crippen LogP contribution is -2.42. The van der Waals surface area contributed by atoms with E-state index >= 15 is 0 Å². The van der Waals surface area contributed by atoms with Crippen molar-refractivity contribution < 1.29 is 22.8 Å². The Morgan fingerprint density at radius 3 is 2.45 bits per heavy atom. The molecule has 10 nitrogen and oxygen atoms in total. The van der Waals surface area contributed by atoms with E-state index in [1.165, 1.54) is 23.0 Å². The molecule has 1 spiro atoms. The molecule has 2 saturated carbocycles. The van der Waals surface area contributed by atoms with Gasteiger partial charge in [0.25, 0.3) is 0 Å². The molecular weight excluding hydrogens is 635 g/mol. The number of nitrogens with one attached hydrogen (secondary N) is 1. The number of halogens is 3. The van der Waals surface area contributed by atoms with E-state index in [0.717, 1.165) is 53.4 Å². The molecule has 1 amide bonds. The number of imidazole rings is 1. The van der Waals surface area contributed by atoms with E-state index in [1.807, 2.05) is 19.0 Å². The van der Waals surface area contributed by atoms with E-state index in [4.69, 9.17) is 0 Å². The monoisotopic (exact) mass is 673 g/mol. The van der Waals surface area contributed by atoms with Gasteiger partial charge in [-0.05, 0) is 119 Å². The molecule has 0 unspecified atom stereocenters. The molecule has 2 aliphatic carbocycles. The average molecular weight is 674 g/mol. The normalized spacial score (nSPS) is 20.4. The van der Waals surface area contributed by atoms with Crippen LogP contribution in [0.3, 0.4) is 0 Å². The van der Waals surface area contributed by atoms with Crippen LogP contribution in [0.5, 0.6) is 0 Å². The first-order valence-corrected chi connectivity index (χ1v) is 16.4. The van der Waals surface area contributed by atoms with Crippen LogP contribution in [0.15, 0.2) is 65.6 Å². The second-order valence-electron chi connectivity index (χ2n) is 13.5. The van der Waals surface area contributed by atoms with Gasteiger partial charge in [-0.1, -0.05) is 6.07 Å². The van der Waals surface area contributed by atoms with E-state index in [0.29, 0.717) is 35.8 Å². The summed E-state index contributed by atoms with van der Waals surface area (Å²) in [7, 11) is 3.71. The summed E-state index contributed by atoms with van der Waals surface area (Å²) in [4.78, 5) is 42.2. The van der Waals surface area contributed by atoms with Crippen molar-refractivity contribution in [2.45, 2.75) is 64.1 Å². The average Bonchev–Trinajstić information content (AvgIpc) is 3.36. The molecule has 0 saturated heterocycles.